The predicted molar refractivity (Wildman–Crippen MR) is 204 cm³/mol. The molecule has 1 aliphatic carbocycles. The lowest BCUT2D eigenvalue weighted by molar-refractivity contribution is -0.136. The first-order valence-corrected chi connectivity index (χ1v) is 17.5. The number of nitrogens with zero attached hydrogens (tertiary/aromatic N) is 1. The summed E-state index contributed by atoms with van der Waals surface area (Å²) in [6, 6.07) is 41.0. The Kier molecular flexibility index (Phi) is 9.11. The number of esters is 1. The van der Waals surface area contributed by atoms with Crippen LogP contribution >= 0.6 is 0 Å². The first-order valence-electron chi connectivity index (χ1n) is 17.5. The highest BCUT2D eigenvalue weighted by Crippen LogP contribution is 2.45. The number of ether oxygens (including phenoxy) is 3. The van der Waals surface area contributed by atoms with Crippen LogP contribution in [-0.4, -0.2) is 25.2 Å². The van der Waals surface area contributed by atoms with Crippen molar-refractivity contribution in [3.8, 4) is 45.0 Å². The lowest BCUT2D eigenvalue weighted by Crippen LogP contribution is -2.07. The molecule has 0 saturated carbocycles. The summed E-state index contributed by atoms with van der Waals surface area (Å²) < 4.78 is 60.6. The average molecular weight is 722 g/mol. The van der Waals surface area contributed by atoms with Crippen molar-refractivity contribution in [2.75, 3.05) is 14.2 Å². The van der Waals surface area contributed by atoms with E-state index in [1.54, 1.807) is 30.3 Å². The van der Waals surface area contributed by atoms with Gasteiger partial charge in [0.1, 0.15) is 18.1 Å². The van der Waals surface area contributed by atoms with Gasteiger partial charge in [0.05, 0.1) is 36.6 Å². The average Bonchev–Trinajstić information content (AvgIpc) is 3.57. The summed E-state index contributed by atoms with van der Waals surface area (Å²) in [5, 5.41) is 0.381. The number of para-hydroxylation sites is 1. The van der Waals surface area contributed by atoms with Gasteiger partial charge in [-0.05, 0) is 99.8 Å². The Morgan fingerprint density at radius 3 is 2.30 bits per heavy atom. The zero-order valence-electron chi connectivity index (χ0n) is 29.5. The summed E-state index contributed by atoms with van der Waals surface area (Å²) in [6.07, 6.45) is -3.31. The molecule has 8 rings (SSSR count). The van der Waals surface area contributed by atoms with Crippen molar-refractivity contribution in [2.45, 2.75) is 25.6 Å². The number of fused-ring (bicyclic) bond motifs is 4. The Bertz CT molecular complexity index is 2550. The predicted octanol–water partition coefficient (Wildman–Crippen LogP) is 11.1. The van der Waals surface area contributed by atoms with Crippen molar-refractivity contribution < 1.29 is 32.2 Å². The van der Waals surface area contributed by atoms with Gasteiger partial charge in [0.2, 0.25) is 0 Å². The van der Waals surface area contributed by atoms with Crippen LogP contribution in [0.25, 0.3) is 44.4 Å². The molecule has 0 aliphatic heterocycles. The molecule has 0 spiro atoms. The molecule has 54 heavy (non-hydrogen) atoms. The molecule has 0 unspecified atom stereocenters. The Morgan fingerprint density at radius 2 is 1.50 bits per heavy atom. The Morgan fingerprint density at radius 1 is 0.722 bits per heavy atom. The Labute approximate surface area is 310 Å². The van der Waals surface area contributed by atoms with E-state index in [0.717, 1.165) is 39.4 Å². The highest BCUT2D eigenvalue weighted by atomic mass is 19.4. The summed E-state index contributed by atoms with van der Waals surface area (Å²) >= 11 is 0. The molecule has 1 heterocycles. The van der Waals surface area contributed by atoms with Gasteiger partial charge in [-0.3, -0.25) is 0 Å². The van der Waals surface area contributed by atoms with Gasteiger partial charge in [-0.2, -0.15) is 13.2 Å². The van der Waals surface area contributed by atoms with Crippen LogP contribution in [-0.2, 0) is 30.4 Å². The number of benzene rings is 6. The minimum atomic E-state index is -4.62. The first kappa shape index (κ1) is 34.7. The van der Waals surface area contributed by atoms with E-state index in [2.05, 4.69) is 36.4 Å². The van der Waals surface area contributed by atoms with E-state index in [9.17, 15) is 18.0 Å². The molecule has 0 bridgehead atoms. The van der Waals surface area contributed by atoms with Gasteiger partial charge in [0.15, 0.2) is 0 Å². The zero-order valence-corrected chi connectivity index (χ0v) is 29.5. The summed E-state index contributed by atoms with van der Waals surface area (Å²) in [7, 11) is 2.82. The number of carbonyl (C=O) groups excluding carboxylic acids is 1. The molecule has 7 aromatic rings. The molecule has 268 valence electrons. The smallest absolute Gasteiger partial charge is 0.418 e. The van der Waals surface area contributed by atoms with Crippen molar-refractivity contribution in [1.82, 2.24) is 4.98 Å². The fraction of sp³-hybridized carbons (Fsp3) is 0.130. The van der Waals surface area contributed by atoms with Crippen LogP contribution in [0, 0.1) is 0 Å². The second-order valence-electron chi connectivity index (χ2n) is 13.3. The number of aromatic nitrogens is 1. The fourth-order valence-electron chi connectivity index (χ4n) is 7.33. The van der Waals surface area contributed by atoms with Crippen LogP contribution in [0.3, 0.4) is 0 Å². The third kappa shape index (κ3) is 6.67. The quantitative estimate of drug-likeness (QED) is 0.139. The van der Waals surface area contributed by atoms with Crippen molar-refractivity contribution in [1.29, 1.82) is 0 Å². The summed E-state index contributed by atoms with van der Waals surface area (Å²) in [4.78, 5) is 16.9. The van der Waals surface area contributed by atoms with Gasteiger partial charge in [0, 0.05) is 16.5 Å². The number of pyridine rings is 1. The molecule has 0 saturated heterocycles. The van der Waals surface area contributed by atoms with Crippen molar-refractivity contribution in [3.63, 3.8) is 0 Å². The molecule has 0 amide bonds. The summed E-state index contributed by atoms with van der Waals surface area (Å²) in [6.45, 7) is 0.121. The van der Waals surface area contributed by atoms with E-state index in [1.807, 2.05) is 54.6 Å². The monoisotopic (exact) mass is 721 g/mol. The van der Waals surface area contributed by atoms with Gasteiger partial charge in [-0.1, -0.05) is 91.0 Å². The fourth-order valence-corrected chi connectivity index (χ4v) is 7.33. The van der Waals surface area contributed by atoms with Crippen LogP contribution in [0.1, 0.15) is 43.7 Å². The Hall–Kier alpha value is -6.41. The highest BCUT2D eigenvalue weighted by molar-refractivity contribution is 5.99. The van der Waals surface area contributed by atoms with Crippen LogP contribution in [0.4, 0.5) is 13.2 Å². The number of hydrogen-bond donors (Lipinski definition) is 0. The van der Waals surface area contributed by atoms with E-state index >= 15 is 0 Å². The van der Waals surface area contributed by atoms with E-state index < -0.39 is 17.7 Å². The lowest BCUT2D eigenvalue weighted by atomic mass is 9.91. The minimum Gasteiger partial charge on any atom is -0.496 e. The van der Waals surface area contributed by atoms with E-state index in [-0.39, 0.29) is 12.1 Å². The minimum absolute atomic E-state index is 0.114. The van der Waals surface area contributed by atoms with E-state index in [1.165, 1.54) is 25.8 Å². The number of methoxy groups -OCH3 is 2. The third-order valence-electron chi connectivity index (χ3n) is 9.90. The number of halogens is 3. The molecule has 0 N–H and O–H groups in total. The normalized spacial score (nSPS) is 11.9. The van der Waals surface area contributed by atoms with Crippen LogP contribution in [0.2, 0.25) is 0 Å². The molecular formula is C46H34F3NO4. The van der Waals surface area contributed by atoms with Crippen molar-refractivity contribution in [3.05, 3.63) is 172 Å². The molecule has 1 aliphatic rings. The second-order valence-corrected chi connectivity index (χ2v) is 13.3. The first-order chi connectivity index (χ1) is 26.2. The van der Waals surface area contributed by atoms with Gasteiger partial charge >= 0.3 is 12.1 Å². The van der Waals surface area contributed by atoms with Crippen LogP contribution < -0.4 is 9.47 Å². The number of carbonyl (C=O) groups is 1. The number of rotatable bonds is 9. The number of alkyl halides is 3. The molecule has 8 heteroatoms. The molecule has 0 radical (unpaired) electrons. The SMILES string of the molecule is COC(=O)c1ccc(COc2cccc(-c3cc(-c4cc(Cc5ccccc5)cc5c4Cc4ccccc4-5)nc4c(C(F)(F)F)cccc34)c2)c(OC)c1. The van der Waals surface area contributed by atoms with Crippen LogP contribution in [0.5, 0.6) is 11.5 Å². The summed E-state index contributed by atoms with van der Waals surface area (Å²) in [5.74, 6) is 0.484. The van der Waals surface area contributed by atoms with Gasteiger partial charge < -0.3 is 14.2 Å². The Balaban J connectivity index is 1.25. The largest absolute Gasteiger partial charge is 0.496 e. The third-order valence-corrected chi connectivity index (χ3v) is 9.90. The molecule has 0 atom stereocenters. The van der Waals surface area contributed by atoms with Gasteiger partial charge in [0.25, 0.3) is 0 Å². The van der Waals surface area contributed by atoms with Crippen molar-refractivity contribution in [2.24, 2.45) is 0 Å². The summed E-state index contributed by atoms with van der Waals surface area (Å²) in [5.41, 5.74) is 9.29. The standard InChI is InChI=1S/C46H34F3NO4/c1-52-43-25-32(45(51)53-2)18-19-33(43)27-54-34-14-8-13-30(23-34)37-26-42(50-44-36(37)16-9-17-41(44)46(47,48)49)40-22-29(20-28-10-4-3-5-11-28)21-38-35-15-7-6-12-31(35)24-39(38)40/h3-19,21-23,25-26H,20,24,27H2,1-2H3. The topological polar surface area (TPSA) is 57.7 Å². The van der Waals surface area contributed by atoms with E-state index in [4.69, 9.17) is 19.2 Å². The van der Waals surface area contributed by atoms with Gasteiger partial charge in [-0.25, -0.2) is 9.78 Å². The van der Waals surface area contributed by atoms with Crippen molar-refractivity contribution >= 4 is 16.9 Å². The molecular weight excluding hydrogens is 688 g/mol. The lowest BCUT2D eigenvalue weighted by Gasteiger charge is -2.18. The zero-order chi connectivity index (χ0) is 37.4. The van der Waals surface area contributed by atoms with E-state index in [0.29, 0.717) is 57.7 Å². The van der Waals surface area contributed by atoms with Crippen LogP contribution in [0.15, 0.2) is 133 Å². The highest BCUT2D eigenvalue weighted by Gasteiger charge is 2.34. The molecule has 5 nitrogen and oxygen atoms in total. The maximum atomic E-state index is 14.7. The maximum Gasteiger partial charge on any atom is 0.418 e. The molecule has 6 aromatic carbocycles. The maximum absolute atomic E-state index is 14.7. The second kappa shape index (κ2) is 14.2. The number of hydrogen-bond acceptors (Lipinski definition) is 5. The van der Waals surface area contributed by atoms with Gasteiger partial charge in [-0.15, -0.1) is 0 Å². The molecule has 0 fully saturated rings. The molecule has 1 aromatic heterocycles.